The summed E-state index contributed by atoms with van der Waals surface area (Å²) in [6, 6.07) is 7.92. The van der Waals surface area contributed by atoms with Crippen LogP contribution in [0.1, 0.15) is 19.4 Å². The first-order valence-corrected chi connectivity index (χ1v) is 5.06. The van der Waals surface area contributed by atoms with Crippen molar-refractivity contribution in [3.8, 4) is 5.75 Å². The fourth-order valence-corrected chi connectivity index (χ4v) is 1.12. The van der Waals surface area contributed by atoms with Crippen LogP contribution < -0.4 is 4.74 Å². The molecular formula is C13H18O2. The van der Waals surface area contributed by atoms with Gasteiger partial charge in [-0.15, -0.1) is 0 Å². The lowest BCUT2D eigenvalue weighted by Crippen LogP contribution is -1.93. The summed E-state index contributed by atoms with van der Waals surface area (Å²) in [7, 11) is 1.67. The van der Waals surface area contributed by atoms with Crippen molar-refractivity contribution >= 4 is 0 Å². The van der Waals surface area contributed by atoms with Gasteiger partial charge in [0.05, 0.1) is 20.3 Å². The number of rotatable bonds is 5. The number of hydrogen-bond donors (Lipinski definition) is 0. The molecule has 0 atom stereocenters. The Bertz CT molecular complexity index is 308. The molecule has 0 N–H and O–H groups in total. The van der Waals surface area contributed by atoms with Crippen molar-refractivity contribution in [1.82, 2.24) is 0 Å². The van der Waals surface area contributed by atoms with Crippen LogP contribution in [0.25, 0.3) is 0 Å². The van der Waals surface area contributed by atoms with Crippen molar-refractivity contribution in [2.75, 3.05) is 13.7 Å². The van der Waals surface area contributed by atoms with Crippen LogP contribution in [0, 0.1) is 0 Å². The van der Waals surface area contributed by atoms with Gasteiger partial charge in [0.25, 0.3) is 0 Å². The van der Waals surface area contributed by atoms with E-state index in [0.717, 1.165) is 11.3 Å². The molecule has 0 unspecified atom stereocenters. The van der Waals surface area contributed by atoms with Crippen molar-refractivity contribution in [1.29, 1.82) is 0 Å². The second-order valence-electron chi connectivity index (χ2n) is 3.64. The van der Waals surface area contributed by atoms with E-state index < -0.39 is 0 Å². The molecule has 1 rings (SSSR count). The van der Waals surface area contributed by atoms with Gasteiger partial charge in [-0.05, 0) is 31.5 Å². The van der Waals surface area contributed by atoms with Crippen molar-refractivity contribution in [3.05, 3.63) is 41.5 Å². The number of hydrogen-bond acceptors (Lipinski definition) is 2. The van der Waals surface area contributed by atoms with E-state index in [4.69, 9.17) is 9.47 Å². The summed E-state index contributed by atoms with van der Waals surface area (Å²) in [5, 5.41) is 0. The van der Waals surface area contributed by atoms with E-state index in [0.29, 0.717) is 13.2 Å². The zero-order valence-corrected chi connectivity index (χ0v) is 9.62. The first-order chi connectivity index (χ1) is 7.22. The van der Waals surface area contributed by atoms with Gasteiger partial charge < -0.3 is 9.47 Å². The highest BCUT2D eigenvalue weighted by Gasteiger charge is 1.93. The zero-order valence-electron chi connectivity index (χ0n) is 9.62. The SMILES string of the molecule is COc1ccc(COCC=C(C)C)cc1. The molecule has 0 aliphatic rings. The largest absolute Gasteiger partial charge is 0.497 e. The molecule has 1 aromatic carbocycles. The normalized spacial score (nSPS) is 9.80. The smallest absolute Gasteiger partial charge is 0.118 e. The van der Waals surface area contributed by atoms with E-state index in [1.165, 1.54) is 5.57 Å². The Labute approximate surface area is 91.5 Å². The monoisotopic (exact) mass is 206 g/mol. The molecule has 0 aliphatic heterocycles. The van der Waals surface area contributed by atoms with Crippen LogP contribution in [0.3, 0.4) is 0 Å². The number of methoxy groups -OCH3 is 1. The predicted octanol–water partition coefficient (Wildman–Crippen LogP) is 3.18. The van der Waals surface area contributed by atoms with Crippen LogP contribution in [0.2, 0.25) is 0 Å². The Morgan fingerprint density at radius 2 is 1.87 bits per heavy atom. The molecule has 0 saturated carbocycles. The third-order valence-corrected chi connectivity index (χ3v) is 2.04. The standard InChI is InChI=1S/C13H18O2/c1-11(2)8-9-15-10-12-4-6-13(14-3)7-5-12/h4-8H,9-10H2,1-3H3. The molecule has 1 aromatic rings. The van der Waals surface area contributed by atoms with Crippen LogP contribution in [0.15, 0.2) is 35.9 Å². The van der Waals surface area contributed by atoms with Crippen LogP contribution in [-0.2, 0) is 11.3 Å². The molecule has 2 heteroatoms. The average Bonchev–Trinajstić information content (AvgIpc) is 2.25. The maximum absolute atomic E-state index is 5.49. The molecule has 0 fully saturated rings. The number of benzene rings is 1. The van der Waals surface area contributed by atoms with Crippen LogP contribution in [0.5, 0.6) is 5.75 Å². The van der Waals surface area contributed by atoms with Gasteiger partial charge in [0.2, 0.25) is 0 Å². The second kappa shape index (κ2) is 6.25. The highest BCUT2D eigenvalue weighted by Crippen LogP contribution is 2.11. The lowest BCUT2D eigenvalue weighted by Gasteiger charge is -2.03. The molecule has 15 heavy (non-hydrogen) atoms. The summed E-state index contributed by atoms with van der Waals surface area (Å²) in [6.07, 6.45) is 2.07. The van der Waals surface area contributed by atoms with Gasteiger partial charge in [-0.2, -0.15) is 0 Å². The van der Waals surface area contributed by atoms with Gasteiger partial charge in [-0.1, -0.05) is 23.8 Å². The summed E-state index contributed by atoms with van der Waals surface area (Å²) in [6.45, 7) is 5.45. The molecule has 0 aliphatic carbocycles. The number of ether oxygens (including phenoxy) is 2. The third kappa shape index (κ3) is 4.66. The molecule has 0 aromatic heterocycles. The predicted molar refractivity (Wildman–Crippen MR) is 62.1 cm³/mol. The molecule has 0 amide bonds. The molecule has 2 nitrogen and oxygen atoms in total. The van der Waals surface area contributed by atoms with E-state index in [9.17, 15) is 0 Å². The first kappa shape index (κ1) is 11.8. The zero-order chi connectivity index (χ0) is 11.1. The van der Waals surface area contributed by atoms with Crippen molar-refractivity contribution in [3.63, 3.8) is 0 Å². The summed E-state index contributed by atoms with van der Waals surface area (Å²) in [4.78, 5) is 0. The van der Waals surface area contributed by atoms with Crippen molar-refractivity contribution < 1.29 is 9.47 Å². The molecule has 0 bridgehead atoms. The second-order valence-corrected chi connectivity index (χ2v) is 3.64. The first-order valence-electron chi connectivity index (χ1n) is 5.06. The van der Waals surface area contributed by atoms with E-state index in [-0.39, 0.29) is 0 Å². The molecule has 0 heterocycles. The summed E-state index contributed by atoms with van der Waals surface area (Å²) in [5.41, 5.74) is 2.45. The summed E-state index contributed by atoms with van der Waals surface area (Å²) < 4.78 is 10.6. The van der Waals surface area contributed by atoms with Crippen molar-refractivity contribution in [2.45, 2.75) is 20.5 Å². The van der Waals surface area contributed by atoms with Gasteiger partial charge in [0, 0.05) is 0 Å². The minimum absolute atomic E-state index is 0.647. The van der Waals surface area contributed by atoms with Crippen LogP contribution >= 0.6 is 0 Å². The average molecular weight is 206 g/mol. The number of allylic oxidation sites excluding steroid dienone is 1. The Kier molecular flexibility index (Phi) is 4.91. The minimum atomic E-state index is 0.647. The fourth-order valence-electron chi connectivity index (χ4n) is 1.12. The quantitative estimate of drug-likeness (QED) is 0.544. The van der Waals surface area contributed by atoms with E-state index >= 15 is 0 Å². The highest BCUT2D eigenvalue weighted by molar-refractivity contribution is 5.26. The van der Waals surface area contributed by atoms with Gasteiger partial charge in [-0.3, -0.25) is 0 Å². The lowest BCUT2D eigenvalue weighted by molar-refractivity contribution is 0.148. The molecule has 82 valence electrons. The van der Waals surface area contributed by atoms with Gasteiger partial charge in [0.1, 0.15) is 5.75 Å². The van der Waals surface area contributed by atoms with Crippen LogP contribution in [-0.4, -0.2) is 13.7 Å². The Hall–Kier alpha value is -1.28. The Morgan fingerprint density at radius 1 is 1.20 bits per heavy atom. The topological polar surface area (TPSA) is 18.5 Å². The Morgan fingerprint density at radius 3 is 2.40 bits per heavy atom. The molecule has 0 radical (unpaired) electrons. The summed E-state index contributed by atoms with van der Waals surface area (Å²) >= 11 is 0. The van der Waals surface area contributed by atoms with E-state index in [2.05, 4.69) is 19.9 Å². The third-order valence-electron chi connectivity index (χ3n) is 2.04. The van der Waals surface area contributed by atoms with Crippen molar-refractivity contribution in [2.24, 2.45) is 0 Å². The van der Waals surface area contributed by atoms with Gasteiger partial charge in [0.15, 0.2) is 0 Å². The maximum atomic E-state index is 5.49. The highest BCUT2D eigenvalue weighted by atomic mass is 16.5. The Balaban J connectivity index is 2.35. The minimum Gasteiger partial charge on any atom is -0.497 e. The summed E-state index contributed by atoms with van der Waals surface area (Å²) in [5.74, 6) is 0.878. The van der Waals surface area contributed by atoms with Gasteiger partial charge >= 0.3 is 0 Å². The molecular weight excluding hydrogens is 188 g/mol. The van der Waals surface area contributed by atoms with E-state index in [1.807, 2.05) is 24.3 Å². The van der Waals surface area contributed by atoms with Gasteiger partial charge in [-0.25, -0.2) is 0 Å². The van der Waals surface area contributed by atoms with E-state index in [1.54, 1.807) is 7.11 Å². The molecule has 0 spiro atoms. The molecule has 0 saturated heterocycles. The lowest BCUT2D eigenvalue weighted by atomic mass is 10.2. The van der Waals surface area contributed by atoms with Crippen LogP contribution in [0.4, 0.5) is 0 Å². The maximum Gasteiger partial charge on any atom is 0.118 e. The fraction of sp³-hybridized carbons (Fsp3) is 0.385.